The van der Waals surface area contributed by atoms with Crippen LogP contribution in [0, 0.1) is 0 Å². The van der Waals surface area contributed by atoms with Crippen molar-refractivity contribution in [2.45, 2.75) is 25.0 Å². The molecule has 3 aromatic heterocycles. The third kappa shape index (κ3) is 3.67. The number of nitrogens with one attached hydrogen (secondary N) is 1. The van der Waals surface area contributed by atoms with Crippen LogP contribution in [0.4, 0.5) is 11.6 Å². The van der Waals surface area contributed by atoms with E-state index >= 15 is 0 Å². The number of benzene rings is 1. The molecule has 7 heteroatoms. The summed E-state index contributed by atoms with van der Waals surface area (Å²) < 4.78 is 6.11. The largest absolute Gasteiger partial charge is 0.473 e. The lowest BCUT2D eigenvalue weighted by Gasteiger charge is -2.36. The molecule has 1 aliphatic rings. The summed E-state index contributed by atoms with van der Waals surface area (Å²) in [5, 5.41) is 4.63. The second kappa shape index (κ2) is 7.35. The molecule has 144 valence electrons. The maximum atomic E-state index is 6.11. The summed E-state index contributed by atoms with van der Waals surface area (Å²) in [4.78, 5) is 17.6. The van der Waals surface area contributed by atoms with E-state index in [0.717, 1.165) is 35.1 Å². The van der Waals surface area contributed by atoms with Crippen LogP contribution in [-0.2, 0) is 0 Å². The summed E-state index contributed by atoms with van der Waals surface area (Å²) in [6.45, 7) is 0. The molecule has 3 N–H and O–H groups in total. The fraction of sp³-hybridized carbons (Fsp3) is 0.182. The van der Waals surface area contributed by atoms with Gasteiger partial charge < -0.3 is 15.8 Å². The molecule has 1 aliphatic carbocycles. The Bertz CT molecular complexity index is 1140. The van der Waals surface area contributed by atoms with Crippen molar-refractivity contribution in [3.63, 3.8) is 0 Å². The highest BCUT2D eigenvalue weighted by Crippen LogP contribution is 2.32. The number of aromatic nitrogens is 4. The standard InChI is InChI=1S/C22H20N6O/c23-19-7-5-15(13-26-19)21-22(25-10-9-24-21)29-17-11-16(12-17)27-20-8-6-14-3-1-2-4-18(14)28-20/h1-10,13,16-17H,11-12H2,(H2,23,26)(H,27,28). The number of nitrogen functional groups attached to an aromatic ring is 1. The molecular formula is C22H20N6O. The van der Waals surface area contributed by atoms with Crippen LogP contribution >= 0.6 is 0 Å². The molecule has 0 radical (unpaired) electrons. The van der Waals surface area contributed by atoms with Gasteiger partial charge in [0, 0.05) is 48.4 Å². The third-order valence-corrected chi connectivity index (χ3v) is 5.05. The highest BCUT2D eigenvalue weighted by Gasteiger charge is 2.32. The molecule has 0 atom stereocenters. The van der Waals surface area contributed by atoms with Gasteiger partial charge in [0.1, 0.15) is 23.4 Å². The van der Waals surface area contributed by atoms with Gasteiger partial charge in [-0.15, -0.1) is 0 Å². The monoisotopic (exact) mass is 384 g/mol. The Kier molecular flexibility index (Phi) is 4.40. The van der Waals surface area contributed by atoms with Crippen LogP contribution in [-0.4, -0.2) is 32.1 Å². The van der Waals surface area contributed by atoms with Crippen molar-refractivity contribution in [1.82, 2.24) is 19.9 Å². The molecule has 3 heterocycles. The number of para-hydroxylation sites is 1. The lowest BCUT2D eigenvalue weighted by molar-refractivity contribution is 0.103. The first-order chi connectivity index (χ1) is 14.2. The quantitative estimate of drug-likeness (QED) is 0.541. The Labute approximate surface area is 168 Å². The summed E-state index contributed by atoms with van der Waals surface area (Å²) in [6, 6.07) is 16.2. The van der Waals surface area contributed by atoms with Gasteiger partial charge in [-0.3, -0.25) is 0 Å². The number of ether oxygens (including phenoxy) is 1. The van der Waals surface area contributed by atoms with E-state index in [1.54, 1.807) is 24.7 Å². The lowest BCUT2D eigenvalue weighted by atomic mass is 9.89. The van der Waals surface area contributed by atoms with Crippen molar-refractivity contribution in [3.8, 4) is 17.1 Å². The number of hydrogen-bond donors (Lipinski definition) is 2. The van der Waals surface area contributed by atoms with Crippen molar-refractivity contribution in [1.29, 1.82) is 0 Å². The van der Waals surface area contributed by atoms with Crippen molar-refractivity contribution in [3.05, 3.63) is 67.1 Å². The SMILES string of the molecule is Nc1ccc(-c2nccnc2OC2CC(Nc3ccc4ccccc4n3)C2)cn1. The fourth-order valence-electron chi connectivity index (χ4n) is 3.45. The van der Waals surface area contributed by atoms with E-state index in [9.17, 15) is 0 Å². The Hall–Kier alpha value is -3.74. The van der Waals surface area contributed by atoms with E-state index in [4.69, 9.17) is 10.5 Å². The topological polar surface area (TPSA) is 98.8 Å². The van der Waals surface area contributed by atoms with E-state index in [1.165, 1.54) is 0 Å². The van der Waals surface area contributed by atoms with Crippen molar-refractivity contribution in [2.75, 3.05) is 11.1 Å². The molecule has 5 rings (SSSR count). The zero-order valence-corrected chi connectivity index (χ0v) is 15.7. The Balaban J connectivity index is 1.23. The average molecular weight is 384 g/mol. The van der Waals surface area contributed by atoms with Crippen molar-refractivity contribution >= 4 is 22.5 Å². The second-order valence-corrected chi connectivity index (χ2v) is 7.12. The zero-order valence-electron chi connectivity index (χ0n) is 15.7. The molecule has 4 aromatic rings. The molecule has 1 fully saturated rings. The molecule has 0 unspecified atom stereocenters. The van der Waals surface area contributed by atoms with Gasteiger partial charge in [0.05, 0.1) is 5.52 Å². The van der Waals surface area contributed by atoms with E-state index in [-0.39, 0.29) is 6.10 Å². The van der Waals surface area contributed by atoms with E-state index in [0.29, 0.717) is 23.4 Å². The molecule has 7 nitrogen and oxygen atoms in total. The molecule has 0 saturated heterocycles. The first-order valence-corrected chi connectivity index (χ1v) is 9.56. The number of rotatable bonds is 5. The van der Waals surface area contributed by atoms with E-state index < -0.39 is 0 Å². The predicted molar refractivity (Wildman–Crippen MR) is 112 cm³/mol. The minimum atomic E-state index is 0.0881. The molecule has 1 saturated carbocycles. The summed E-state index contributed by atoms with van der Waals surface area (Å²) in [5.74, 6) is 1.88. The molecule has 0 amide bonds. The van der Waals surface area contributed by atoms with Gasteiger partial charge in [0.25, 0.3) is 0 Å². The maximum absolute atomic E-state index is 6.11. The summed E-state index contributed by atoms with van der Waals surface area (Å²) in [7, 11) is 0. The minimum Gasteiger partial charge on any atom is -0.473 e. The van der Waals surface area contributed by atoms with Crippen LogP contribution < -0.4 is 15.8 Å². The Morgan fingerprint density at radius 3 is 2.66 bits per heavy atom. The maximum Gasteiger partial charge on any atom is 0.240 e. The first-order valence-electron chi connectivity index (χ1n) is 9.56. The molecule has 1 aromatic carbocycles. The average Bonchev–Trinajstić information content (AvgIpc) is 2.73. The third-order valence-electron chi connectivity index (χ3n) is 5.05. The van der Waals surface area contributed by atoms with Crippen molar-refractivity contribution < 1.29 is 4.74 Å². The van der Waals surface area contributed by atoms with Gasteiger partial charge in [-0.2, -0.15) is 0 Å². The van der Waals surface area contributed by atoms with E-state index in [2.05, 4.69) is 37.4 Å². The van der Waals surface area contributed by atoms with Gasteiger partial charge in [0.2, 0.25) is 5.88 Å². The minimum absolute atomic E-state index is 0.0881. The number of hydrogen-bond acceptors (Lipinski definition) is 7. The van der Waals surface area contributed by atoms with Crippen molar-refractivity contribution in [2.24, 2.45) is 0 Å². The predicted octanol–water partition coefficient (Wildman–Crippen LogP) is 3.69. The lowest BCUT2D eigenvalue weighted by Crippen LogP contribution is -2.42. The fourth-order valence-corrected chi connectivity index (χ4v) is 3.45. The smallest absolute Gasteiger partial charge is 0.240 e. The molecule has 0 spiro atoms. The summed E-state index contributed by atoms with van der Waals surface area (Å²) >= 11 is 0. The van der Waals surface area contributed by atoms with Crippen LogP contribution in [0.3, 0.4) is 0 Å². The van der Waals surface area contributed by atoms with Crippen LogP contribution in [0.1, 0.15) is 12.8 Å². The Morgan fingerprint density at radius 2 is 1.79 bits per heavy atom. The summed E-state index contributed by atoms with van der Waals surface area (Å²) in [5.41, 5.74) is 8.17. The number of nitrogens with two attached hydrogens (primary N) is 1. The van der Waals surface area contributed by atoms with Crippen LogP contribution in [0.5, 0.6) is 5.88 Å². The van der Waals surface area contributed by atoms with Gasteiger partial charge in [-0.1, -0.05) is 18.2 Å². The number of anilines is 2. The second-order valence-electron chi connectivity index (χ2n) is 7.12. The van der Waals surface area contributed by atoms with Gasteiger partial charge in [-0.25, -0.2) is 19.9 Å². The number of pyridine rings is 2. The van der Waals surface area contributed by atoms with E-state index in [1.807, 2.05) is 30.3 Å². The van der Waals surface area contributed by atoms with Gasteiger partial charge in [0.15, 0.2) is 0 Å². The molecule has 0 aliphatic heterocycles. The normalized spacial score (nSPS) is 18.2. The molecule has 29 heavy (non-hydrogen) atoms. The number of fused-ring (bicyclic) bond motifs is 1. The van der Waals surface area contributed by atoms with Crippen LogP contribution in [0.25, 0.3) is 22.2 Å². The summed E-state index contributed by atoms with van der Waals surface area (Å²) in [6.07, 6.45) is 6.81. The highest BCUT2D eigenvalue weighted by atomic mass is 16.5. The first kappa shape index (κ1) is 17.4. The number of nitrogens with zero attached hydrogens (tertiary/aromatic N) is 4. The van der Waals surface area contributed by atoms with Crippen LogP contribution in [0.15, 0.2) is 67.1 Å². The molecule has 0 bridgehead atoms. The highest BCUT2D eigenvalue weighted by molar-refractivity contribution is 5.80. The Morgan fingerprint density at radius 1 is 0.931 bits per heavy atom. The zero-order chi connectivity index (χ0) is 19.6. The van der Waals surface area contributed by atoms with Crippen LogP contribution in [0.2, 0.25) is 0 Å². The van der Waals surface area contributed by atoms with Gasteiger partial charge >= 0.3 is 0 Å². The van der Waals surface area contributed by atoms with Gasteiger partial charge in [-0.05, 0) is 30.3 Å². The molecular weight excluding hydrogens is 364 g/mol.